The van der Waals surface area contributed by atoms with Crippen LogP contribution >= 0.6 is 0 Å². The van der Waals surface area contributed by atoms with Crippen molar-refractivity contribution in [2.24, 2.45) is 0 Å². The van der Waals surface area contributed by atoms with Crippen molar-refractivity contribution in [3.05, 3.63) is 99.6 Å². The van der Waals surface area contributed by atoms with Gasteiger partial charge in [0.2, 0.25) is 5.75 Å². The molecule has 0 N–H and O–H groups in total. The molecule has 0 heterocycles. The molecule has 0 spiro atoms. The van der Waals surface area contributed by atoms with Crippen LogP contribution in [0, 0.1) is 21.4 Å². The van der Waals surface area contributed by atoms with Gasteiger partial charge in [0.1, 0.15) is 5.75 Å². The van der Waals surface area contributed by atoms with Crippen molar-refractivity contribution in [1.82, 2.24) is 0 Å². The molecule has 126 valence electrons. The number of hydrogen-bond acceptors (Lipinski definition) is 5. The molecule has 0 fully saturated rings. The van der Waals surface area contributed by atoms with Gasteiger partial charge in [-0.25, -0.2) is 0 Å². The molecule has 0 aliphatic heterocycles. The number of benzene rings is 3. The van der Waals surface area contributed by atoms with Gasteiger partial charge in [-0.1, -0.05) is 30.3 Å². The first-order valence-electron chi connectivity index (χ1n) is 7.64. The van der Waals surface area contributed by atoms with Crippen molar-refractivity contribution < 1.29 is 14.5 Å². The molecule has 26 heavy (non-hydrogen) atoms. The quantitative estimate of drug-likeness (QED) is 0.386. The third-order valence-electron chi connectivity index (χ3n) is 3.67. The predicted octanol–water partition coefficient (Wildman–Crippen LogP) is 4.49. The van der Waals surface area contributed by atoms with Crippen LogP contribution in [0.3, 0.4) is 0 Å². The fourth-order valence-electron chi connectivity index (χ4n) is 2.37. The SMILES string of the molecule is N#Cc1ccc(Oc2ccc(C(=O)c3ccccc3)cc2[N+](=O)[O-])cc1. The number of ketones is 1. The lowest BCUT2D eigenvalue weighted by Gasteiger charge is -2.08. The molecular formula is C20H12N2O4. The molecule has 0 bridgehead atoms. The van der Waals surface area contributed by atoms with Gasteiger partial charge in [-0.3, -0.25) is 14.9 Å². The molecule has 0 amide bonds. The van der Waals surface area contributed by atoms with E-state index in [2.05, 4.69) is 0 Å². The Bertz CT molecular complexity index is 1010. The lowest BCUT2D eigenvalue weighted by Crippen LogP contribution is -2.03. The van der Waals surface area contributed by atoms with Gasteiger partial charge < -0.3 is 4.74 Å². The Balaban J connectivity index is 1.93. The molecule has 0 saturated heterocycles. The minimum absolute atomic E-state index is 0.0179. The number of nitro benzene ring substituents is 1. The first-order valence-corrected chi connectivity index (χ1v) is 7.64. The molecule has 6 nitrogen and oxygen atoms in total. The maximum atomic E-state index is 12.5. The maximum absolute atomic E-state index is 12.5. The summed E-state index contributed by atoms with van der Waals surface area (Å²) in [6.45, 7) is 0. The average Bonchev–Trinajstić information content (AvgIpc) is 2.69. The highest BCUT2D eigenvalue weighted by molar-refractivity contribution is 6.09. The normalized spacial score (nSPS) is 9.96. The second-order valence-electron chi connectivity index (χ2n) is 5.37. The Labute approximate surface area is 149 Å². The first-order chi connectivity index (χ1) is 12.6. The van der Waals surface area contributed by atoms with E-state index < -0.39 is 4.92 Å². The van der Waals surface area contributed by atoms with E-state index >= 15 is 0 Å². The van der Waals surface area contributed by atoms with Crippen molar-refractivity contribution in [3.63, 3.8) is 0 Å². The van der Waals surface area contributed by atoms with E-state index in [9.17, 15) is 14.9 Å². The average molecular weight is 344 g/mol. The van der Waals surface area contributed by atoms with Gasteiger partial charge in [0.05, 0.1) is 16.6 Å². The predicted molar refractivity (Wildman–Crippen MR) is 94.2 cm³/mol. The van der Waals surface area contributed by atoms with Gasteiger partial charge in [0, 0.05) is 17.2 Å². The Hall–Kier alpha value is -3.98. The van der Waals surface area contributed by atoms with E-state index in [-0.39, 0.29) is 22.8 Å². The van der Waals surface area contributed by atoms with Crippen molar-refractivity contribution >= 4 is 11.5 Å². The van der Waals surface area contributed by atoms with Gasteiger partial charge in [-0.05, 0) is 36.4 Å². The smallest absolute Gasteiger partial charge is 0.312 e. The Kier molecular flexibility index (Phi) is 4.72. The second kappa shape index (κ2) is 7.28. The van der Waals surface area contributed by atoms with Crippen molar-refractivity contribution in [2.75, 3.05) is 0 Å². The highest BCUT2D eigenvalue weighted by atomic mass is 16.6. The van der Waals surface area contributed by atoms with Crippen LogP contribution in [0.2, 0.25) is 0 Å². The van der Waals surface area contributed by atoms with E-state index in [0.29, 0.717) is 16.9 Å². The van der Waals surface area contributed by atoms with Crippen LogP contribution < -0.4 is 4.74 Å². The van der Waals surface area contributed by atoms with Gasteiger partial charge in [0.15, 0.2) is 5.78 Å². The third-order valence-corrected chi connectivity index (χ3v) is 3.67. The van der Waals surface area contributed by atoms with Gasteiger partial charge in [-0.2, -0.15) is 5.26 Å². The molecule has 0 aliphatic carbocycles. The summed E-state index contributed by atoms with van der Waals surface area (Å²) < 4.78 is 5.55. The van der Waals surface area contributed by atoms with Crippen molar-refractivity contribution in [1.29, 1.82) is 5.26 Å². The molecule has 6 heteroatoms. The fourth-order valence-corrected chi connectivity index (χ4v) is 2.37. The second-order valence-corrected chi connectivity index (χ2v) is 5.37. The van der Waals surface area contributed by atoms with Crippen LogP contribution in [0.5, 0.6) is 11.5 Å². The zero-order valence-corrected chi connectivity index (χ0v) is 13.5. The Morgan fingerprint density at radius 2 is 1.65 bits per heavy atom. The van der Waals surface area contributed by atoms with Crippen LogP contribution in [-0.2, 0) is 0 Å². The minimum Gasteiger partial charge on any atom is -0.450 e. The van der Waals surface area contributed by atoms with Crippen LogP contribution in [0.15, 0.2) is 72.8 Å². The number of nitriles is 1. The van der Waals surface area contributed by atoms with Crippen LogP contribution in [0.1, 0.15) is 21.5 Å². The molecule has 0 saturated carbocycles. The Morgan fingerprint density at radius 3 is 2.27 bits per heavy atom. The number of hydrogen-bond donors (Lipinski definition) is 0. The van der Waals surface area contributed by atoms with Crippen LogP contribution in [0.4, 0.5) is 5.69 Å². The van der Waals surface area contributed by atoms with Crippen LogP contribution in [-0.4, -0.2) is 10.7 Å². The summed E-state index contributed by atoms with van der Waals surface area (Å²) in [5, 5.41) is 20.2. The summed E-state index contributed by atoms with van der Waals surface area (Å²) in [6.07, 6.45) is 0. The zero-order chi connectivity index (χ0) is 18.5. The topological polar surface area (TPSA) is 93.2 Å². The zero-order valence-electron chi connectivity index (χ0n) is 13.5. The van der Waals surface area contributed by atoms with E-state index in [1.54, 1.807) is 54.6 Å². The first kappa shape index (κ1) is 16.9. The molecule has 3 rings (SSSR count). The lowest BCUT2D eigenvalue weighted by atomic mass is 10.0. The largest absolute Gasteiger partial charge is 0.450 e. The molecule has 0 aromatic heterocycles. The molecule has 0 atom stereocenters. The molecule has 3 aromatic carbocycles. The van der Waals surface area contributed by atoms with Gasteiger partial charge >= 0.3 is 5.69 Å². The number of carbonyl (C=O) groups excluding carboxylic acids is 1. The summed E-state index contributed by atoms with van der Waals surface area (Å²) >= 11 is 0. The summed E-state index contributed by atoms with van der Waals surface area (Å²) in [6, 6.07) is 20.8. The van der Waals surface area contributed by atoms with Crippen molar-refractivity contribution in [3.8, 4) is 17.6 Å². The number of nitrogens with zero attached hydrogens (tertiary/aromatic N) is 2. The van der Waals surface area contributed by atoms with Crippen molar-refractivity contribution in [2.45, 2.75) is 0 Å². The number of rotatable bonds is 5. The molecule has 0 aliphatic rings. The van der Waals surface area contributed by atoms with E-state index in [1.807, 2.05) is 6.07 Å². The van der Waals surface area contributed by atoms with Crippen LogP contribution in [0.25, 0.3) is 0 Å². The monoisotopic (exact) mass is 344 g/mol. The number of nitro groups is 1. The third kappa shape index (κ3) is 3.57. The standard InChI is InChI=1S/C20H12N2O4/c21-13-14-6-9-17(10-7-14)26-19-11-8-16(12-18(19)22(24)25)20(23)15-4-2-1-3-5-15/h1-12H. The van der Waals surface area contributed by atoms with Gasteiger partial charge in [0.25, 0.3) is 0 Å². The molecule has 3 aromatic rings. The number of ether oxygens (including phenoxy) is 1. The van der Waals surface area contributed by atoms with E-state index in [1.165, 1.54) is 18.2 Å². The Morgan fingerprint density at radius 1 is 0.962 bits per heavy atom. The summed E-state index contributed by atoms with van der Waals surface area (Å²) in [5.74, 6) is 0.0668. The highest BCUT2D eigenvalue weighted by Gasteiger charge is 2.20. The molecular weight excluding hydrogens is 332 g/mol. The van der Waals surface area contributed by atoms with Gasteiger partial charge in [-0.15, -0.1) is 0 Å². The molecule has 0 radical (unpaired) electrons. The lowest BCUT2D eigenvalue weighted by molar-refractivity contribution is -0.385. The van der Waals surface area contributed by atoms with E-state index in [4.69, 9.17) is 10.00 Å². The summed E-state index contributed by atoms with van der Waals surface area (Å²) in [5.41, 5.74) is 0.796. The maximum Gasteiger partial charge on any atom is 0.312 e. The summed E-state index contributed by atoms with van der Waals surface area (Å²) in [4.78, 5) is 23.3. The number of carbonyl (C=O) groups is 1. The minimum atomic E-state index is -0.596. The van der Waals surface area contributed by atoms with E-state index in [0.717, 1.165) is 0 Å². The molecule has 0 unspecified atom stereocenters. The highest BCUT2D eigenvalue weighted by Crippen LogP contribution is 2.32. The fraction of sp³-hybridized carbons (Fsp3) is 0. The summed E-state index contributed by atoms with van der Waals surface area (Å²) in [7, 11) is 0.